The monoisotopic (exact) mass is 333 g/mol. The van der Waals surface area contributed by atoms with E-state index < -0.39 is 0 Å². The van der Waals surface area contributed by atoms with Crippen molar-refractivity contribution in [3.63, 3.8) is 0 Å². The number of ether oxygens (including phenoxy) is 1. The summed E-state index contributed by atoms with van der Waals surface area (Å²) in [6, 6.07) is 0. The molecule has 0 aliphatic heterocycles. The first-order valence-electron chi connectivity index (χ1n) is 8.67. The first-order chi connectivity index (χ1) is 10.1. The van der Waals surface area contributed by atoms with Crippen LogP contribution < -0.4 is 5.32 Å². The lowest BCUT2D eigenvalue weighted by Gasteiger charge is -2.14. The lowest BCUT2D eigenvalue weighted by atomic mass is 10.1. The van der Waals surface area contributed by atoms with E-state index >= 15 is 0 Å². The molecule has 1 unspecified atom stereocenters. The fourth-order valence-corrected chi connectivity index (χ4v) is 2.22. The van der Waals surface area contributed by atoms with Crippen molar-refractivity contribution in [1.29, 1.82) is 0 Å². The Bertz CT molecular complexity index is 282. The van der Waals surface area contributed by atoms with Crippen LogP contribution in [0.4, 0.5) is 0 Å². The summed E-state index contributed by atoms with van der Waals surface area (Å²) in [5, 5.41) is 3.21. The standard InChI is InChI=1S/C18H35NO2.ClH/c1-5-6-7-8-9-10-11-12-13-14-15-19-17(4)21-18(20)16(2)3;/h17,19H,2,5-15H2,1,3-4H3;1H. The zero-order valence-corrected chi connectivity index (χ0v) is 15.6. The van der Waals surface area contributed by atoms with E-state index in [0.29, 0.717) is 5.57 Å². The third-order valence-electron chi connectivity index (χ3n) is 3.59. The number of hydrogen-bond donors (Lipinski definition) is 1. The molecule has 1 N–H and O–H groups in total. The Labute approximate surface area is 143 Å². The van der Waals surface area contributed by atoms with Crippen molar-refractivity contribution in [3.05, 3.63) is 12.2 Å². The molecule has 3 nitrogen and oxygen atoms in total. The van der Waals surface area contributed by atoms with E-state index in [4.69, 9.17) is 4.74 Å². The van der Waals surface area contributed by atoms with Gasteiger partial charge in [0.15, 0.2) is 6.23 Å². The summed E-state index contributed by atoms with van der Waals surface area (Å²) in [5.74, 6) is -0.321. The average Bonchev–Trinajstić information content (AvgIpc) is 2.44. The van der Waals surface area contributed by atoms with Gasteiger partial charge in [-0.1, -0.05) is 71.3 Å². The van der Waals surface area contributed by atoms with Gasteiger partial charge in [0, 0.05) is 5.57 Å². The Kier molecular flexibility index (Phi) is 18.1. The van der Waals surface area contributed by atoms with E-state index in [0.717, 1.165) is 13.0 Å². The average molecular weight is 334 g/mol. The van der Waals surface area contributed by atoms with Crippen LogP contribution in [0.15, 0.2) is 12.2 Å². The number of nitrogens with one attached hydrogen (secondary N) is 1. The molecular formula is C18H36ClNO2. The van der Waals surface area contributed by atoms with Crippen LogP contribution in [0.25, 0.3) is 0 Å². The first-order valence-corrected chi connectivity index (χ1v) is 8.67. The number of esters is 1. The van der Waals surface area contributed by atoms with Crippen LogP contribution in [-0.2, 0) is 9.53 Å². The molecule has 0 saturated heterocycles. The summed E-state index contributed by atoms with van der Waals surface area (Å²) in [4.78, 5) is 11.3. The van der Waals surface area contributed by atoms with Crippen molar-refractivity contribution in [2.75, 3.05) is 6.54 Å². The Balaban J connectivity index is 0. The molecule has 0 bridgehead atoms. The van der Waals surface area contributed by atoms with E-state index in [-0.39, 0.29) is 24.6 Å². The maximum absolute atomic E-state index is 11.3. The van der Waals surface area contributed by atoms with Gasteiger partial charge in [-0.2, -0.15) is 0 Å². The van der Waals surface area contributed by atoms with Gasteiger partial charge in [0.2, 0.25) is 0 Å². The highest BCUT2D eigenvalue weighted by molar-refractivity contribution is 5.87. The predicted molar refractivity (Wildman–Crippen MR) is 97.5 cm³/mol. The number of unbranched alkanes of at least 4 members (excludes halogenated alkanes) is 9. The Morgan fingerprint density at radius 3 is 1.91 bits per heavy atom. The minimum atomic E-state index is -0.321. The largest absolute Gasteiger partial charge is 0.444 e. The van der Waals surface area contributed by atoms with E-state index in [1.165, 1.54) is 57.8 Å². The number of rotatable bonds is 14. The minimum Gasteiger partial charge on any atom is -0.444 e. The van der Waals surface area contributed by atoms with Gasteiger partial charge in [-0.3, -0.25) is 5.32 Å². The van der Waals surface area contributed by atoms with Gasteiger partial charge in [-0.25, -0.2) is 4.79 Å². The van der Waals surface area contributed by atoms with Crippen LogP contribution in [0.3, 0.4) is 0 Å². The molecular weight excluding hydrogens is 298 g/mol. The number of hydrogen-bond acceptors (Lipinski definition) is 3. The van der Waals surface area contributed by atoms with Gasteiger partial charge in [-0.05, 0) is 26.8 Å². The van der Waals surface area contributed by atoms with E-state index in [1.54, 1.807) is 6.92 Å². The second-order valence-electron chi connectivity index (χ2n) is 5.96. The number of carbonyl (C=O) groups excluding carboxylic acids is 1. The summed E-state index contributed by atoms with van der Waals surface area (Å²) >= 11 is 0. The Hall–Kier alpha value is -0.540. The van der Waals surface area contributed by atoms with Crippen LogP contribution in [0, 0.1) is 0 Å². The molecule has 0 amide bonds. The topological polar surface area (TPSA) is 38.3 Å². The van der Waals surface area contributed by atoms with Gasteiger partial charge in [0.05, 0.1) is 0 Å². The predicted octanol–water partition coefficient (Wildman–Crippen LogP) is 5.38. The zero-order chi connectivity index (χ0) is 15.9. The van der Waals surface area contributed by atoms with Gasteiger partial charge in [0.25, 0.3) is 0 Å². The Morgan fingerprint density at radius 1 is 1.00 bits per heavy atom. The molecule has 0 aromatic heterocycles. The second-order valence-corrected chi connectivity index (χ2v) is 5.96. The highest BCUT2D eigenvalue weighted by Gasteiger charge is 2.08. The molecule has 0 heterocycles. The third-order valence-corrected chi connectivity index (χ3v) is 3.59. The van der Waals surface area contributed by atoms with E-state index in [2.05, 4.69) is 18.8 Å². The molecule has 4 heteroatoms. The van der Waals surface area contributed by atoms with Crippen LogP contribution in [0.5, 0.6) is 0 Å². The van der Waals surface area contributed by atoms with Crippen molar-refractivity contribution >= 4 is 18.4 Å². The van der Waals surface area contributed by atoms with Crippen molar-refractivity contribution in [2.24, 2.45) is 0 Å². The molecule has 0 spiro atoms. The van der Waals surface area contributed by atoms with Crippen LogP contribution in [0.2, 0.25) is 0 Å². The molecule has 22 heavy (non-hydrogen) atoms. The number of carbonyl (C=O) groups is 1. The highest BCUT2D eigenvalue weighted by atomic mass is 35.5. The summed E-state index contributed by atoms with van der Waals surface area (Å²) in [5.41, 5.74) is 0.447. The molecule has 0 rings (SSSR count). The van der Waals surface area contributed by atoms with Gasteiger partial charge >= 0.3 is 5.97 Å². The van der Waals surface area contributed by atoms with Crippen molar-refractivity contribution < 1.29 is 9.53 Å². The maximum Gasteiger partial charge on any atom is 0.334 e. The van der Waals surface area contributed by atoms with Gasteiger partial charge in [-0.15, -0.1) is 12.4 Å². The summed E-state index contributed by atoms with van der Waals surface area (Å²) in [7, 11) is 0. The molecule has 0 aliphatic rings. The van der Waals surface area contributed by atoms with E-state index in [1.807, 2.05) is 6.92 Å². The Morgan fingerprint density at radius 2 is 1.45 bits per heavy atom. The SMILES string of the molecule is C=C(C)C(=O)OC(C)NCCCCCCCCCCCC.Cl. The third kappa shape index (κ3) is 15.8. The fraction of sp³-hybridized carbons (Fsp3) is 0.833. The quantitative estimate of drug-likeness (QED) is 0.200. The van der Waals surface area contributed by atoms with Gasteiger partial charge < -0.3 is 4.74 Å². The molecule has 0 aromatic rings. The molecule has 1 atom stereocenters. The molecule has 0 aliphatic carbocycles. The summed E-state index contributed by atoms with van der Waals surface area (Å²) in [6.45, 7) is 10.3. The van der Waals surface area contributed by atoms with Crippen molar-refractivity contribution in [3.8, 4) is 0 Å². The summed E-state index contributed by atoms with van der Waals surface area (Å²) in [6.07, 6.45) is 13.1. The van der Waals surface area contributed by atoms with E-state index in [9.17, 15) is 4.79 Å². The van der Waals surface area contributed by atoms with Crippen LogP contribution in [0.1, 0.15) is 85.0 Å². The normalized spacial score (nSPS) is 11.6. The summed E-state index contributed by atoms with van der Waals surface area (Å²) < 4.78 is 5.15. The smallest absolute Gasteiger partial charge is 0.334 e. The zero-order valence-electron chi connectivity index (χ0n) is 14.8. The maximum atomic E-state index is 11.3. The fourth-order valence-electron chi connectivity index (χ4n) is 2.22. The van der Waals surface area contributed by atoms with Gasteiger partial charge in [0.1, 0.15) is 0 Å². The lowest BCUT2D eigenvalue weighted by molar-refractivity contribution is -0.144. The second kappa shape index (κ2) is 16.8. The van der Waals surface area contributed by atoms with Crippen LogP contribution >= 0.6 is 12.4 Å². The van der Waals surface area contributed by atoms with Crippen molar-refractivity contribution in [1.82, 2.24) is 5.32 Å². The van der Waals surface area contributed by atoms with Crippen LogP contribution in [-0.4, -0.2) is 18.7 Å². The lowest BCUT2D eigenvalue weighted by Crippen LogP contribution is -2.31. The molecule has 0 saturated carbocycles. The molecule has 0 radical (unpaired) electrons. The molecule has 0 aromatic carbocycles. The highest BCUT2D eigenvalue weighted by Crippen LogP contribution is 2.10. The minimum absolute atomic E-state index is 0. The first kappa shape index (κ1) is 23.7. The molecule has 132 valence electrons. The van der Waals surface area contributed by atoms with Crippen molar-refractivity contribution in [2.45, 2.75) is 91.2 Å². The molecule has 0 fully saturated rings. The number of halogens is 1.